The Bertz CT molecular complexity index is 491. The molecule has 22 heavy (non-hydrogen) atoms. The molecule has 0 heterocycles. The van der Waals surface area contributed by atoms with Gasteiger partial charge in [-0.3, -0.25) is 4.79 Å². The average Bonchev–Trinajstić information content (AvgIpc) is 2.49. The third kappa shape index (κ3) is 6.95. The smallest absolute Gasteiger partial charge is 1.00 e. The van der Waals surface area contributed by atoms with E-state index >= 15 is 0 Å². The van der Waals surface area contributed by atoms with Gasteiger partial charge in [0.25, 0.3) is 0 Å². The van der Waals surface area contributed by atoms with Crippen LogP contribution in [-0.2, 0) is 0 Å². The van der Waals surface area contributed by atoms with Crippen molar-refractivity contribution < 1.29 is 50.4 Å². The van der Waals surface area contributed by atoms with E-state index in [0.717, 1.165) is 19.3 Å². The molecule has 0 amide bonds. The van der Waals surface area contributed by atoms with E-state index in [0.29, 0.717) is 12.2 Å². The molecule has 0 unspecified atom stereocenters. The second-order valence-electron chi connectivity index (χ2n) is 5.16. The van der Waals surface area contributed by atoms with Gasteiger partial charge >= 0.3 is 35.5 Å². The molecular formula is C17H25NaO4. The van der Waals surface area contributed by atoms with E-state index < -0.39 is 5.97 Å². The molecule has 0 fully saturated rings. The summed E-state index contributed by atoms with van der Waals surface area (Å²) >= 11 is 0. The molecule has 0 bridgehead atoms. The summed E-state index contributed by atoms with van der Waals surface area (Å²) in [6.45, 7) is 2.17. The van der Waals surface area contributed by atoms with E-state index in [-0.39, 0.29) is 47.9 Å². The van der Waals surface area contributed by atoms with Crippen LogP contribution in [0, 0.1) is 0 Å². The van der Waals surface area contributed by atoms with Crippen molar-refractivity contribution in [3.05, 3.63) is 29.3 Å². The number of ketones is 1. The summed E-state index contributed by atoms with van der Waals surface area (Å²) in [6, 6.07) is 4.50. The van der Waals surface area contributed by atoms with Crippen molar-refractivity contribution in [2.75, 3.05) is 7.11 Å². The van der Waals surface area contributed by atoms with Gasteiger partial charge in [-0.2, -0.15) is 0 Å². The number of Topliss-reactive ketones (excluding diaryl/α,β-unsaturated/α-hetero) is 1. The van der Waals surface area contributed by atoms with E-state index in [1.54, 1.807) is 6.07 Å². The Morgan fingerprint density at radius 2 is 1.73 bits per heavy atom. The molecule has 118 valence electrons. The fraction of sp³-hybridized carbons (Fsp3) is 0.529. The number of carboxylic acid groups (broad SMARTS) is 1. The Kier molecular flexibility index (Phi) is 11.2. The van der Waals surface area contributed by atoms with Crippen LogP contribution in [-0.4, -0.2) is 24.0 Å². The standard InChI is InChI=1S/C17H24O4.Na.H/c1-3-4-5-6-7-8-9-16(18)15-12-13(21-2)10-11-14(15)17(19)20;;/h10-12H,3-9H2,1-2H3,(H,19,20);;/q;+1;-1. The minimum Gasteiger partial charge on any atom is -1.00 e. The van der Waals surface area contributed by atoms with E-state index in [9.17, 15) is 9.59 Å². The van der Waals surface area contributed by atoms with Crippen molar-refractivity contribution in [2.45, 2.75) is 51.9 Å². The first-order valence-corrected chi connectivity index (χ1v) is 7.54. The van der Waals surface area contributed by atoms with Crippen LogP contribution in [0.5, 0.6) is 5.75 Å². The monoisotopic (exact) mass is 316 g/mol. The first kappa shape index (κ1) is 21.2. The molecule has 0 aliphatic carbocycles. The zero-order valence-corrected chi connectivity index (χ0v) is 15.9. The number of hydrogen-bond donors (Lipinski definition) is 1. The topological polar surface area (TPSA) is 63.6 Å². The number of carboxylic acids is 1. The molecule has 1 rings (SSSR count). The number of rotatable bonds is 10. The van der Waals surface area contributed by atoms with Gasteiger partial charge in [0.15, 0.2) is 5.78 Å². The SMILES string of the molecule is CCCCCCCCC(=O)c1cc(OC)ccc1C(=O)O.[H-].[Na+]. The van der Waals surface area contributed by atoms with Gasteiger partial charge in [0, 0.05) is 12.0 Å². The summed E-state index contributed by atoms with van der Waals surface area (Å²) in [5.74, 6) is -0.697. The van der Waals surface area contributed by atoms with Crippen LogP contribution in [0.3, 0.4) is 0 Å². The quantitative estimate of drug-likeness (QED) is 0.403. The van der Waals surface area contributed by atoms with Crippen LogP contribution in [0.4, 0.5) is 0 Å². The first-order chi connectivity index (χ1) is 10.1. The molecule has 0 saturated heterocycles. The van der Waals surface area contributed by atoms with Crippen molar-refractivity contribution >= 4 is 11.8 Å². The van der Waals surface area contributed by atoms with E-state index in [4.69, 9.17) is 9.84 Å². The minimum absolute atomic E-state index is 0. The van der Waals surface area contributed by atoms with Crippen LogP contribution in [0.1, 0.15) is 74.0 Å². The molecule has 0 radical (unpaired) electrons. The van der Waals surface area contributed by atoms with Gasteiger partial charge in [0.1, 0.15) is 5.75 Å². The normalized spacial score (nSPS) is 9.91. The van der Waals surface area contributed by atoms with Gasteiger partial charge in [-0.1, -0.05) is 39.0 Å². The number of hydrogen-bond acceptors (Lipinski definition) is 3. The van der Waals surface area contributed by atoms with Gasteiger partial charge in [-0.25, -0.2) is 4.79 Å². The minimum atomic E-state index is -1.08. The first-order valence-electron chi connectivity index (χ1n) is 7.54. The predicted octanol–water partition coefficient (Wildman–Crippen LogP) is 1.44. The number of carbonyl (C=O) groups excluding carboxylic acids is 1. The zero-order chi connectivity index (χ0) is 15.7. The summed E-state index contributed by atoms with van der Waals surface area (Å²) in [5, 5.41) is 9.15. The molecule has 0 spiro atoms. The van der Waals surface area contributed by atoms with Gasteiger partial charge in [0.05, 0.1) is 12.7 Å². The molecule has 1 aromatic carbocycles. The second kappa shape index (κ2) is 11.7. The summed E-state index contributed by atoms with van der Waals surface area (Å²) in [7, 11) is 1.50. The molecule has 0 aromatic heterocycles. The number of benzene rings is 1. The Labute approximate surface area is 156 Å². The number of ether oxygens (including phenoxy) is 1. The van der Waals surface area contributed by atoms with Gasteiger partial charge in [0.2, 0.25) is 0 Å². The predicted molar refractivity (Wildman–Crippen MR) is 83.4 cm³/mol. The Hall–Kier alpha value is -0.840. The molecule has 0 aliphatic heterocycles. The van der Waals surface area contributed by atoms with Crippen LogP contribution in [0.15, 0.2) is 18.2 Å². The summed E-state index contributed by atoms with van der Waals surface area (Å²) in [6.07, 6.45) is 6.96. The largest absolute Gasteiger partial charge is 1.00 e. The maximum Gasteiger partial charge on any atom is 1.00 e. The van der Waals surface area contributed by atoms with Gasteiger partial charge < -0.3 is 11.3 Å². The van der Waals surface area contributed by atoms with Crippen molar-refractivity contribution in [3.63, 3.8) is 0 Å². The average molecular weight is 316 g/mol. The Morgan fingerprint density at radius 3 is 2.32 bits per heavy atom. The third-order valence-electron chi connectivity index (χ3n) is 3.51. The Morgan fingerprint density at radius 1 is 1.09 bits per heavy atom. The molecule has 0 atom stereocenters. The number of carbonyl (C=O) groups is 2. The maximum atomic E-state index is 12.2. The molecule has 1 N–H and O–H groups in total. The van der Waals surface area contributed by atoms with Crippen LogP contribution >= 0.6 is 0 Å². The van der Waals surface area contributed by atoms with E-state index in [1.165, 1.54) is 38.5 Å². The van der Waals surface area contributed by atoms with Crippen molar-refractivity contribution in [2.24, 2.45) is 0 Å². The summed E-state index contributed by atoms with van der Waals surface area (Å²) in [4.78, 5) is 23.4. The van der Waals surface area contributed by atoms with Crippen LogP contribution in [0.2, 0.25) is 0 Å². The maximum absolute atomic E-state index is 12.2. The van der Waals surface area contributed by atoms with E-state index in [2.05, 4.69) is 6.92 Å². The molecule has 4 nitrogen and oxygen atoms in total. The van der Waals surface area contributed by atoms with Crippen LogP contribution in [0.25, 0.3) is 0 Å². The van der Waals surface area contributed by atoms with E-state index in [1.807, 2.05) is 0 Å². The number of aromatic carboxylic acids is 1. The summed E-state index contributed by atoms with van der Waals surface area (Å²) in [5.41, 5.74) is 0.294. The van der Waals surface area contributed by atoms with Gasteiger partial charge in [-0.15, -0.1) is 0 Å². The summed E-state index contributed by atoms with van der Waals surface area (Å²) < 4.78 is 5.06. The Balaban J connectivity index is 0. The van der Waals surface area contributed by atoms with Crippen molar-refractivity contribution in [1.29, 1.82) is 0 Å². The molecule has 0 saturated carbocycles. The molecular weight excluding hydrogens is 291 g/mol. The fourth-order valence-electron chi connectivity index (χ4n) is 2.27. The van der Waals surface area contributed by atoms with Crippen LogP contribution < -0.4 is 34.3 Å². The number of unbranched alkanes of at least 4 members (excludes halogenated alkanes) is 5. The molecule has 0 aliphatic rings. The second-order valence-corrected chi connectivity index (χ2v) is 5.16. The number of methoxy groups -OCH3 is 1. The third-order valence-corrected chi connectivity index (χ3v) is 3.51. The van der Waals surface area contributed by atoms with Crippen molar-refractivity contribution in [1.82, 2.24) is 0 Å². The molecule has 1 aromatic rings. The van der Waals surface area contributed by atoms with Crippen molar-refractivity contribution in [3.8, 4) is 5.75 Å². The fourth-order valence-corrected chi connectivity index (χ4v) is 2.27. The molecule has 5 heteroatoms. The zero-order valence-electron chi connectivity index (χ0n) is 14.9. The van der Waals surface area contributed by atoms with Gasteiger partial charge in [-0.05, 0) is 24.6 Å².